The van der Waals surface area contributed by atoms with E-state index in [4.69, 9.17) is 14.7 Å². The van der Waals surface area contributed by atoms with Gasteiger partial charge in [-0.15, -0.1) is 11.3 Å². The van der Waals surface area contributed by atoms with Crippen molar-refractivity contribution in [2.75, 3.05) is 57.6 Å². The quantitative estimate of drug-likeness (QED) is 0.400. The number of anilines is 1. The topological polar surface area (TPSA) is 94.7 Å². The Morgan fingerprint density at radius 2 is 2.03 bits per heavy atom. The second-order valence-corrected chi connectivity index (χ2v) is 13.1. The highest BCUT2D eigenvalue weighted by molar-refractivity contribution is 7.88. The smallest absolute Gasteiger partial charge is 0.211 e. The molecule has 1 atom stereocenters. The number of sulfonamides is 1. The van der Waals surface area contributed by atoms with Crippen LogP contribution >= 0.6 is 11.3 Å². The van der Waals surface area contributed by atoms with Gasteiger partial charge in [0.2, 0.25) is 10.0 Å². The molecule has 0 radical (unpaired) electrons. The van der Waals surface area contributed by atoms with Crippen molar-refractivity contribution in [1.29, 1.82) is 0 Å². The molecule has 0 bridgehead atoms. The lowest BCUT2D eigenvalue weighted by Gasteiger charge is -2.36. The average Bonchev–Trinajstić information content (AvgIpc) is 3.54. The molecule has 196 valence electrons. The SMILES string of the molecule is CN(C1CCCN(Cc2cc3nc(-c4cccc5[nH]ccc45)nc(N4CCOCC4)c3s2)C1)S(C)(=O)=O. The summed E-state index contributed by atoms with van der Waals surface area (Å²) in [7, 11) is -1.51. The molecule has 37 heavy (non-hydrogen) atoms. The molecule has 5 heterocycles. The number of likely N-dealkylation sites (tertiary alicyclic amines) is 1. The van der Waals surface area contributed by atoms with Crippen LogP contribution in [0.3, 0.4) is 0 Å². The van der Waals surface area contributed by atoms with Gasteiger partial charge >= 0.3 is 0 Å². The van der Waals surface area contributed by atoms with Gasteiger partial charge in [0.1, 0.15) is 0 Å². The zero-order valence-corrected chi connectivity index (χ0v) is 22.8. The predicted octanol–water partition coefficient (Wildman–Crippen LogP) is 3.53. The molecule has 0 saturated carbocycles. The van der Waals surface area contributed by atoms with Crippen molar-refractivity contribution in [3.05, 3.63) is 41.4 Å². The predicted molar refractivity (Wildman–Crippen MR) is 149 cm³/mol. The third-order valence-corrected chi connectivity index (χ3v) is 9.90. The minimum absolute atomic E-state index is 0.00951. The third kappa shape index (κ3) is 4.98. The Labute approximate surface area is 221 Å². The highest BCUT2D eigenvalue weighted by Gasteiger charge is 2.28. The summed E-state index contributed by atoms with van der Waals surface area (Å²) in [5.41, 5.74) is 3.05. The lowest BCUT2D eigenvalue weighted by Crippen LogP contribution is -2.47. The fraction of sp³-hybridized carbons (Fsp3) is 0.462. The van der Waals surface area contributed by atoms with Crippen LogP contribution in [-0.2, 0) is 21.3 Å². The standard InChI is InChI=1S/C26H32N6O3S2/c1-30(37(2,33)34)18-5-4-10-31(16-18)17-19-15-23-24(36-19)26(32-11-13-35-14-12-32)29-25(28-23)21-6-3-7-22-20(21)8-9-27-22/h3,6-9,15,18,27H,4-5,10-14,16-17H2,1-2H3. The zero-order valence-electron chi connectivity index (χ0n) is 21.2. The van der Waals surface area contributed by atoms with Crippen molar-refractivity contribution in [2.45, 2.75) is 25.4 Å². The number of thiophene rings is 1. The van der Waals surface area contributed by atoms with Crippen LogP contribution in [0, 0.1) is 0 Å². The number of nitrogens with one attached hydrogen (secondary N) is 1. The first-order valence-corrected chi connectivity index (χ1v) is 15.4. The molecule has 4 aromatic rings. The van der Waals surface area contributed by atoms with Crippen LogP contribution in [0.15, 0.2) is 36.5 Å². The van der Waals surface area contributed by atoms with E-state index in [0.717, 1.165) is 83.9 Å². The van der Waals surface area contributed by atoms with Gasteiger partial charge in [0, 0.05) is 66.8 Å². The van der Waals surface area contributed by atoms with Crippen LogP contribution in [0.2, 0.25) is 0 Å². The van der Waals surface area contributed by atoms with Gasteiger partial charge in [-0.25, -0.2) is 22.7 Å². The second-order valence-electron chi connectivity index (χ2n) is 9.95. The van der Waals surface area contributed by atoms with Crippen molar-refractivity contribution in [1.82, 2.24) is 24.2 Å². The molecule has 2 aliphatic heterocycles. The molecule has 9 nitrogen and oxygen atoms in total. The number of hydrogen-bond donors (Lipinski definition) is 1. The first-order valence-electron chi connectivity index (χ1n) is 12.7. The maximum absolute atomic E-state index is 12.1. The van der Waals surface area contributed by atoms with Crippen LogP contribution in [0.5, 0.6) is 0 Å². The Morgan fingerprint density at radius 1 is 1.19 bits per heavy atom. The number of aromatic nitrogens is 3. The van der Waals surface area contributed by atoms with E-state index in [1.54, 1.807) is 18.4 Å². The van der Waals surface area contributed by atoms with Gasteiger partial charge in [-0.2, -0.15) is 0 Å². The first kappa shape index (κ1) is 24.7. The molecule has 2 aliphatic rings. The molecule has 3 aromatic heterocycles. The van der Waals surface area contributed by atoms with E-state index in [1.807, 2.05) is 12.3 Å². The summed E-state index contributed by atoms with van der Waals surface area (Å²) in [6.07, 6.45) is 5.12. The van der Waals surface area contributed by atoms with Crippen molar-refractivity contribution < 1.29 is 13.2 Å². The van der Waals surface area contributed by atoms with E-state index in [0.29, 0.717) is 13.2 Å². The summed E-state index contributed by atoms with van der Waals surface area (Å²) in [4.78, 5) is 19.3. The maximum atomic E-state index is 12.1. The van der Waals surface area contributed by atoms with E-state index in [2.05, 4.69) is 39.0 Å². The number of aromatic amines is 1. The zero-order chi connectivity index (χ0) is 25.6. The fourth-order valence-corrected chi connectivity index (χ4v) is 7.26. The van der Waals surface area contributed by atoms with Gasteiger partial charge in [-0.3, -0.25) is 4.90 Å². The molecule has 11 heteroatoms. The van der Waals surface area contributed by atoms with Gasteiger partial charge in [0.25, 0.3) is 0 Å². The molecule has 0 aliphatic carbocycles. The van der Waals surface area contributed by atoms with Crippen molar-refractivity contribution in [2.24, 2.45) is 0 Å². The summed E-state index contributed by atoms with van der Waals surface area (Å²) >= 11 is 1.75. The fourth-order valence-electron chi connectivity index (χ4n) is 5.40. The Morgan fingerprint density at radius 3 is 2.84 bits per heavy atom. The number of rotatable bonds is 6. The summed E-state index contributed by atoms with van der Waals surface area (Å²) < 4.78 is 32.4. The molecule has 1 aromatic carbocycles. The Hall–Kier alpha value is -2.57. The molecule has 6 rings (SSSR count). The highest BCUT2D eigenvalue weighted by Crippen LogP contribution is 2.36. The number of benzene rings is 1. The number of nitrogens with zero attached hydrogens (tertiary/aromatic N) is 5. The van der Waals surface area contributed by atoms with Crippen LogP contribution in [0.1, 0.15) is 17.7 Å². The summed E-state index contributed by atoms with van der Waals surface area (Å²) in [5, 5.41) is 1.11. The summed E-state index contributed by atoms with van der Waals surface area (Å²) in [6, 6.07) is 10.5. The molecule has 0 spiro atoms. The largest absolute Gasteiger partial charge is 0.378 e. The Balaban J connectivity index is 1.35. The van der Waals surface area contributed by atoms with E-state index in [9.17, 15) is 8.42 Å². The lowest BCUT2D eigenvalue weighted by molar-refractivity contribution is 0.122. The van der Waals surface area contributed by atoms with Gasteiger partial charge < -0.3 is 14.6 Å². The average molecular weight is 541 g/mol. The number of hydrogen-bond acceptors (Lipinski definition) is 8. The number of fused-ring (bicyclic) bond motifs is 2. The third-order valence-electron chi connectivity index (χ3n) is 7.45. The number of ether oxygens (including phenoxy) is 1. The Bertz CT molecular complexity index is 1530. The van der Waals surface area contributed by atoms with Gasteiger partial charge in [0.15, 0.2) is 11.6 Å². The lowest BCUT2D eigenvalue weighted by atomic mass is 10.1. The maximum Gasteiger partial charge on any atom is 0.211 e. The van der Waals surface area contributed by atoms with E-state index >= 15 is 0 Å². The van der Waals surface area contributed by atoms with Crippen LogP contribution in [-0.4, -0.2) is 91.3 Å². The van der Waals surface area contributed by atoms with E-state index in [1.165, 1.54) is 15.4 Å². The molecule has 2 saturated heterocycles. The minimum Gasteiger partial charge on any atom is -0.378 e. The normalized spacial score (nSPS) is 19.9. The number of piperidine rings is 1. The van der Waals surface area contributed by atoms with Gasteiger partial charge in [0.05, 0.1) is 29.7 Å². The van der Waals surface area contributed by atoms with Crippen molar-refractivity contribution >= 4 is 48.3 Å². The van der Waals surface area contributed by atoms with Crippen LogP contribution < -0.4 is 4.90 Å². The molecule has 0 amide bonds. The first-order chi connectivity index (χ1) is 17.9. The summed E-state index contributed by atoms with van der Waals surface area (Å²) in [5.74, 6) is 1.71. The molecule has 2 fully saturated rings. The Kier molecular flexibility index (Phi) is 6.66. The minimum atomic E-state index is -3.21. The van der Waals surface area contributed by atoms with Crippen LogP contribution in [0.4, 0.5) is 5.82 Å². The van der Waals surface area contributed by atoms with E-state index < -0.39 is 10.0 Å². The molecule has 1 N–H and O–H groups in total. The summed E-state index contributed by atoms with van der Waals surface area (Å²) in [6.45, 7) is 5.47. The number of morpholine rings is 1. The number of likely N-dealkylation sites (N-methyl/N-ethyl adjacent to an activating group) is 1. The van der Waals surface area contributed by atoms with Gasteiger partial charge in [-0.05, 0) is 37.6 Å². The van der Waals surface area contributed by atoms with Crippen molar-refractivity contribution in [3.8, 4) is 11.4 Å². The molecular weight excluding hydrogens is 508 g/mol. The van der Waals surface area contributed by atoms with Gasteiger partial charge in [-0.1, -0.05) is 12.1 Å². The molecular formula is C26H32N6O3S2. The second kappa shape index (κ2) is 9.95. The molecule has 1 unspecified atom stereocenters. The number of H-pyrrole nitrogens is 1. The van der Waals surface area contributed by atoms with Crippen LogP contribution in [0.25, 0.3) is 32.5 Å². The van der Waals surface area contributed by atoms with E-state index in [-0.39, 0.29) is 6.04 Å². The monoisotopic (exact) mass is 540 g/mol. The highest BCUT2D eigenvalue weighted by atomic mass is 32.2. The van der Waals surface area contributed by atoms with Crippen molar-refractivity contribution in [3.63, 3.8) is 0 Å².